The Bertz CT molecular complexity index is 167. The summed E-state index contributed by atoms with van der Waals surface area (Å²) < 4.78 is 4.97. The molecule has 1 rings (SSSR count). The molecule has 0 bridgehead atoms. The van der Waals surface area contributed by atoms with Gasteiger partial charge in [0, 0.05) is 20.2 Å². The number of nitrogens with one attached hydrogen (secondary N) is 2. The average Bonchev–Trinajstić information content (AvgIpc) is 2.70. The van der Waals surface area contributed by atoms with Crippen molar-refractivity contribution in [1.29, 1.82) is 0 Å². The molecule has 96 valence electrons. The number of ether oxygens (including phenoxy) is 1. The zero-order chi connectivity index (χ0) is 11.7. The summed E-state index contributed by atoms with van der Waals surface area (Å²) in [5.74, 6) is 0. The van der Waals surface area contributed by atoms with Crippen LogP contribution in [0.25, 0.3) is 0 Å². The average molecular weight is 228 g/mol. The Labute approximate surface area is 100 Å². The highest BCUT2D eigenvalue weighted by Crippen LogP contribution is 2.36. The minimum Gasteiger partial charge on any atom is -0.383 e. The van der Waals surface area contributed by atoms with Crippen LogP contribution in [0.4, 0.5) is 0 Å². The predicted molar refractivity (Wildman–Crippen MR) is 68.8 cm³/mol. The van der Waals surface area contributed by atoms with E-state index in [1.165, 1.54) is 38.6 Å². The molecule has 0 atom stereocenters. The van der Waals surface area contributed by atoms with E-state index in [-0.39, 0.29) is 0 Å². The molecule has 16 heavy (non-hydrogen) atoms. The van der Waals surface area contributed by atoms with E-state index in [9.17, 15) is 0 Å². The molecule has 0 aliphatic heterocycles. The highest BCUT2D eigenvalue weighted by Gasteiger charge is 2.27. The molecule has 0 heterocycles. The minimum absolute atomic E-state index is 0.587. The van der Waals surface area contributed by atoms with E-state index >= 15 is 0 Å². The van der Waals surface area contributed by atoms with Crippen LogP contribution in [-0.2, 0) is 4.74 Å². The first-order chi connectivity index (χ1) is 7.77. The summed E-state index contributed by atoms with van der Waals surface area (Å²) in [5, 5.41) is 6.95. The van der Waals surface area contributed by atoms with Gasteiger partial charge in [0.05, 0.1) is 6.61 Å². The van der Waals surface area contributed by atoms with Gasteiger partial charge in [0.15, 0.2) is 0 Å². The van der Waals surface area contributed by atoms with E-state index < -0.39 is 0 Å². The lowest BCUT2D eigenvalue weighted by atomic mass is 9.89. The van der Waals surface area contributed by atoms with E-state index in [4.69, 9.17) is 4.74 Å². The molecule has 2 N–H and O–H groups in total. The van der Waals surface area contributed by atoms with Crippen LogP contribution < -0.4 is 10.6 Å². The maximum absolute atomic E-state index is 4.97. The Morgan fingerprint density at radius 3 is 2.44 bits per heavy atom. The molecule has 3 heteroatoms. The van der Waals surface area contributed by atoms with E-state index in [1.54, 1.807) is 7.11 Å². The maximum atomic E-state index is 4.97. The second kappa shape index (κ2) is 8.04. The fourth-order valence-electron chi connectivity index (χ4n) is 2.43. The van der Waals surface area contributed by atoms with Crippen molar-refractivity contribution in [2.75, 3.05) is 39.9 Å². The number of hydrogen-bond donors (Lipinski definition) is 2. The summed E-state index contributed by atoms with van der Waals surface area (Å²) in [4.78, 5) is 0. The fourth-order valence-corrected chi connectivity index (χ4v) is 2.43. The first-order valence-electron chi connectivity index (χ1n) is 6.67. The Hall–Kier alpha value is -0.120. The molecular weight excluding hydrogens is 200 g/mol. The quantitative estimate of drug-likeness (QED) is 0.590. The molecule has 1 saturated carbocycles. The molecule has 3 nitrogen and oxygen atoms in total. The van der Waals surface area contributed by atoms with E-state index in [0.29, 0.717) is 5.41 Å². The molecule has 0 saturated heterocycles. The third-order valence-electron chi connectivity index (χ3n) is 3.55. The molecule has 0 spiro atoms. The summed E-state index contributed by atoms with van der Waals surface area (Å²) in [6.07, 6.45) is 6.88. The van der Waals surface area contributed by atoms with Crippen LogP contribution >= 0.6 is 0 Å². The van der Waals surface area contributed by atoms with Gasteiger partial charge in [0.2, 0.25) is 0 Å². The van der Waals surface area contributed by atoms with Crippen molar-refractivity contribution in [1.82, 2.24) is 10.6 Å². The van der Waals surface area contributed by atoms with Crippen molar-refractivity contribution in [2.45, 2.75) is 39.0 Å². The zero-order valence-electron chi connectivity index (χ0n) is 11.0. The van der Waals surface area contributed by atoms with Crippen LogP contribution in [0.3, 0.4) is 0 Å². The molecule has 0 aromatic rings. The Morgan fingerprint density at radius 2 is 1.75 bits per heavy atom. The standard InChI is InChI=1S/C13H28N2O/c1-13(6-3-4-7-13)12-15-9-5-8-14-10-11-16-2/h14-15H,3-12H2,1-2H3. The van der Waals surface area contributed by atoms with Gasteiger partial charge in [-0.05, 0) is 37.8 Å². The summed E-state index contributed by atoms with van der Waals surface area (Å²) >= 11 is 0. The monoisotopic (exact) mass is 228 g/mol. The highest BCUT2D eigenvalue weighted by atomic mass is 16.5. The van der Waals surface area contributed by atoms with Crippen molar-refractivity contribution in [3.63, 3.8) is 0 Å². The fraction of sp³-hybridized carbons (Fsp3) is 1.00. The molecule has 0 radical (unpaired) electrons. The topological polar surface area (TPSA) is 33.3 Å². The smallest absolute Gasteiger partial charge is 0.0587 e. The van der Waals surface area contributed by atoms with Gasteiger partial charge in [-0.15, -0.1) is 0 Å². The van der Waals surface area contributed by atoms with Gasteiger partial charge >= 0.3 is 0 Å². The van der Waals surface area contributed by atoms with Crippen LogP contribution in [0.15, 0.2) is 0 Å². The Kier molecular flexibility index (Phi) is 7.01. The van der Waals surface area contributed by atoms with Gasteiger partial charge in [0.25, 0.3) is 0 Å². The minimum atomic E-state index is 0.587. The zero-order valence-corrected chi connectivity index (χ0v) is 11.0. The number of methoxy groups -OCH3 is 1. The van der Waals surface area contributed by atoms with Gasteiger partial charge < -0.3 is 15.4 Å². The number of hydrogen-bond acceptors (Lipinski definition) is 3. The van der Waals surface area contributed by atoms with Crippen molar-refractivity contribution in [2.24, 2.45) is 5.41 Å². The molecular formula is C13H28N2O. The maximum Gasteiger partial charge on any atom is 0.0587 e. The lowest BCUT2D eigenvalue weighted by Gasteiger charge is -2.23. The summed E-state index contributed by atoms with van der Waals surface area (Å²) in [7, 11) is 1.74. The van der Waals surface area contributed by atoms with Crippen molar-refractivity contribution < 1.29 is 4.74 Å². The van der Waals surface area contributed by atoms with Crippen molar-refractivity contribution >= 4 is 0 Å². The largest absolute Gasteiger partial charge is 0.383 e. The molecule has 0 aromatic heterocycles. The number of rotatable bonds is 9. The van der Waals surface area contributed by atoms with Crippen molar-refractivity contribution in [3.05, 3.63) is 0 Å². The highest BCUT2D eigenvalue weighted by molar-refractivity contribution is 4.82. The third-order valence-corrected chi connectivity index (χ3v) is 3.55. The van der Waals surface area contributed by atoms with E-state index in [0.717, 1.165) is 26.2 Å². The lowest BCUT2D eigenvalue weighted by molar-refractivity contribution is 0.199. The van der Waals surface area contributed by atoms with Crippen LogP contribution in [0.5, 0.6) is 0 Å². The Balaban J connectivity index is 1.84. The molecule has 0 amide bonds. The summed E-state index contributed by atoms with van der Waals surface area (Å²) in [6.45, 7) is 7.62. The molecule has 0 unspecified atom stereocenters. The molecule has 0 aromatic carbocycles. The summed E-state index contributed by atoms with van der Waals surface area (Å²) in [6, 6.07) is 0. The van der Waals surface area contributed by atoms with E-state index in [1.807, 2.05) is 0 Å². The first kappa shape index (κ1) is 13.9. The van der Waals surface area contributed by atoms with Crippen LogP contribution in [0.1, 0.15) is 39.0 Å². The molecule has 1 fully saturated rings. The first-order valence-corrected chi connectivity index (χ1v) is 6.67. The Morgan fingerprint density at radius 1 is 1.06 bits per heavy atom. The second-order valence-corrected chi connectivity index (χ2v) is 5.29. The predicted octanol–water partition coefficient (Wildman–Crippen LogP) is 1.78. The molecule has 1 aliphatic carbocycles. The van der Waals surface area contributed by atoms with Crippen LogP contribution in [0, 0.1) is 5.41 Å². The van der Waals surface area contributed by atoms with Gasteiger partial charge in [0.1, 0.15) is 0 Å². The van der Waals surface area contributed by atoms with Gasteiger partial charge in [-0.2, -0.15) is 0 Å². The normalized spacial score (nSPS) is 19.1. The second-order valence-electron chi connectivity index (χ2n) is 5.29. The lowest BCUT2D eigenvalue weighted by Crippen LogP contribution is -2.31. The van der Waals surface area contributed by atoms with Crippen LogP contribution in [0.2, 0.25) is 0 Å². The third kappa shape index (κ3) is 5.83. The van der Waals surface area contributed by atoms with Gasteiger partial charge in [-0.3, -0.25) is 0 Å². The SMILES string of the molecule is COCCNCCCNCC1(C)CCCC1. The van der Waals surface area contributed by atoms with Crippen molar-refractivity contribution in [3.8, 4) is 0 Å². The van der Waals surface area contributed by atoms with E-state index in [2.05, 4.69) is 17.6 Å². The van der Waals surface area contributed by atoms with Crippen LogP contribution in [-0.4, -0.2) is 39.9 Å². The van der Waals surface area contributed by atoms with Gasteiger partial charge in [-0.1, -0.05) is 19.8 Å². The molecule has 1 aliphatic rings. The van der Waals surface area contributed by atoms with Gasteiger partial charge in [-0.25, -0.2) is 0 Å². The summed E-state index contributed by atoms with van der Waals surface area (Å²) in [5.41, 5.74) is 0.587.